The summed E-state index contributed by atoms with van der Waals surface area (Å²) in [4.78, 5) is 33.8. The molecule has 0 spiro atoms. The fraction of sp³-hybridized carbons (Fsp3) is 0.400. The quantitative estimate of drug-likeness (QED) is 0.621. The van der Waals surface area contributed by atoms with Gasteiger partial charge in [-0.25, -0.2) is 14.2 Å². The van der Waals surface area contributed by atoms with E-state index in [1.165, 1.54) is 42.2 Å². The average molecular weight is 496 g/mol. The number of alkyl carbamates (subject to hydrolysis) is 1. The molecule has 1 aliphatic heterocycles. The van der Waals surface area contributed by atoms with Crippen molar-refractivity contribution in [1.29, 1.82) is 5.26 Å². The summed E-state index contributed by atoms with van der Waals surface area (Å²) in [6.45, 7) is 5.33. The number of hydrogen-bond acceptors (Lipinski definition) is 7. The molecular formula is C25H26FN5O3S. The zero-order chi connectivity index (χ0) is 25.2. The Morgan fingerprint density at radius 2 is 2.06 bits per heavy atom. The number of halogens is 1. The van der Waals surface area contributed by atoms with E-state index in [0.29, 0.717) is 34.2 Å². The lowest BCUT2D eigenvalue weighted by molar-refractivity contribution is 0.0563. The molecule has 1 aromatic heterocycles. The molecule has 2 atom stereocenters. The zero-order valence-electron chi connectivity index (χ0n) is 19.7. The number of thioether (sulfide) groups is 1. The van der Waals surface area contributed by atoms with Gasteiger partial charge < -0.3 is 10.1 Å². The molecule has 0 radical (unpaired) electrons. The zero-order valence-corrected chi connectivity index (χ0v) is 20.5. The third-order valence-corrected chi connectivity index (χ3v) is 6.97. The van der Waals surface area contributed by atoms with Gasteiger partial charge in [0, 0.05) is 23.2 Å². The number of amidine groups is 1. The highest BCUT2D eigenvalue weighted by molar-refractivity contribution is 8.13. The number of carbonyl (C=O) groups is 2. The van der Waals surface area contributed by atoms with Crippen molar-refractivity contribution < 1.29 is 18.7 Å². The number of hydrogen-bond donors (Lipinski definition) is 2. The molecule has 1 fully saturated rings. The number of rotatable bonds is 3. The summed E-state index contributed by atoms with van der Waals surface area (Å²) in [5, 5.41) is 14.8. The van der Waals surface area contributed by atoms with E-state index in [1.807, 2.05) is 6.07 Å². The standard InChI is InChI=1S/C25H26FN5O3S/c1-24(2,3)34-23(33)30-22-31-25(10-4-5-16(25)14-35-22)18-11-17(7-8-19(18)26)29-21(32)20-9-6-15(12-27)13-28-20/h6-9,11,13,16H,4-5,10,14H2,1-3H3,(H,29,32)(H,30,31,33)/t16?,25-/m0/s1. The maximum absolute atomic E-state index is 15.2. The third-order valence-electron chi connectivity index (χ3n) is 5.93. The van der Waals surface area contributed by atoms with Crippen LogP contribution in [-0.4, -0.2) is 33.5 Å². The van der Waals surface area contributed by atoms with Gasteiger partial charge in [0.05, 0.1) is 11.1 Å². The van der Waals surface area contributed by atoms with Gasteiger partial charge in [0.15, 0.2) is 5.17 Å². The Morgan fingerprint density at radius 3 is 2.74 bits per heavy atom. The van der Waals surface area contributed by atoms with Crippen LogP contribution in [-0.2, 0) is 10.3 Å². The maximum atomic E-state index is 15.2. The summed E-state index contributed by atoms with van der Waals surface area (Å²) in [6.07, 6.45) is 3.11. The highest BCUT2D eigenvalue weighted by Gasteiger charge is 2.48. The lowest BCUT2D eigenvalue weighted by atomic mass is 9.81. The van der Waals surface area contributed by atoms with Gasteiger partial charge in [-0.2, -0.15) is 5.26 Å². The molecule has 2 aliphatic rings. The van der Waals surface area contributed by atoms with Gasteiger partial charge >= 0.3 is 6.09 Å². The Kier molecular flexibility index (Phi) is 6.81. The van der Waals surface area contributed by atoms with Crippen molar-refractivity contribution in [2.24, 2.45) is 10.9 Å². The number of fused-ring (bicyclic) bond motifs is 1. The molecule has 2 amide bonds. The largest absolute Gasteiger partial charge is 0.444 e. The number of pyridine rings is 1. The van der Waals surface area contributed by atoms with E-state index in [1.54, 1.807) is 26.8 Å². The van der Waals surface area contributed by atoms with Gasteiger partial charge in [-0.1, -0.05) is 18.2 Å². The van der Waals surface area contributed by atoms with E-state index < -0.39 is 29.0 Å². The van der Waals surface area contributed by atoms with Crippen LogP contribution in [0.4, 0.5) is 14.9 Å². The minimum atomic E-state index is -0.840. The van der Waals surface area contributed by atoms with Crippen LogP contribution in [0.25, 0.3) is 0 Å². The van der Waals surface area contributed by atoms with Crippen molar-refractivity contribution in [3.8, 4) is 6.07 Å². The van der Waals surface area contributed by atoms with Crippen molar-refractivity contribution in [2.75, 3.05) is 11.1 Å². The lowest BCUT2D eigenvalue weighted by Gasteiger charge is -2.37. The van der Waals surface area contributed by atoms with Gasteiger partial charge in [-0.05, 0) is 69.9 Å². The second-order valence-electron chi connectivity index (χ2n) is 9.56. The molecule has 2 aromatic rings. The van der Waals surface area contributed by atoms with Crippen LogP contribution in [0.5, 0.6) is 0 Å². The number of benzene rings is 1. The van der Waals surface area contributed by atoms with E-state index in [9.17, 15) is 9.59 Å². The number of aromatic nitrogens is 1. The highest BCUT2D eigenvalue weighted by atomic mass is 32.2. The molecule has 2 N–H and O–H groups in total. The molecule has 1 unspecified atom stereocenters. The van der Waals surface area contributed by atoms with Crippen LogP contribution in [0.1, 0.15) is 61.6 Å². The number of nitriles is 1. The molecule has 35 heavy (non-hydrogen) atoms. The van der Waals surface area contributed by atoms with Gasteiger partial charge in [-0.15, -0.1) is 0 Å². The normalized spacial score (nSPS) is 21.3. The van der Waals surface area contributed by atoms with Crippen LogP contribution in [0.15, 0.2) is 41.5 Å². The molecule has 10 heteroatoms. The van der Waals surface area contributed by atoms with Crippen molar-refractivity contribution >= 4 is 34.6 Å². The molecule has 182 valence electrons. The first kappa shape index (κ1) is 24.7. The minimum Gasteiger partial charge on any atom is -0.444 e. The second kappa shape index (κ2) is 9.66. The molecular weight excluding hydrogens is 469 g/mol. The molecule has 0 bridgehead atoms. The third kappa shape index (κ3) is 5.46. The topological polar surface area (TPSA) is 116 Å². The number of anilines is 1. The Hall–Kier alpha value is -3.45. The molecule has 0 saturated heterocycles. The van der Waals surface area contributed by atoms with Crippen LogP contribution in [0.2, 0.25) is 0 Å². The van der Waals surface area contributed by atoms with Crippen molar-refractivity contribution in [2.45, 2.75) is 51.2 Å². The molecule has 1 saturated carbocycles. The molecule has 8 nitrogen and oxygen atoms in total. The number of nitrogens with one attached hydrogen (secondary N) is 2. The van der Waals surface area contributed by atoms with Gasteiger partial charge in [0.1, 0.15) is 23.2 Å². The maximum Gasteiger partial charge on any atom is 0.413 e. The van der Waals surface area contributed by atoms with Gasteiger partial charge in [0.25, 0.3) is 5.91 Å². The molecule has 2 heterocycles. The van der Waals surface area contributed by atoms with Gasteiger partial charge in [0.2, 0.25) is 0 Å². The fourth-order valence-electron chi connectivity index (χ4n) is 4.42. The van der Waals surface area contributed by atoms with E-state index in [4.69, 9.17) is 15.0 Å². The van der Waals surface area contributed by atoms with Crippen molar-refractivity contribution in [3.63, 3.8) is 0 Å². The summed E-state index contributed by atoms with van der Waals surface area (Å²) in [5.41, 5.74) is -0.210. The van der Waals surface area contributed by atoms with E-state index in [-0.39, 0.29) is 11.6 Å². The second-order valence-corrected chi connectivity index (χ2v) is 10.6. The predicted molar refractivity (Wildman–Crippen MR) is 132 cm³/mol. The molecule has 1 aromatic carbocycles. The first-order valence-corrected chi connectivity index (χ1v) is 12.3. The predicted octanol–water partition coefficient (Wildman–Crippen LogP) is 4.97. The van der Waals surface area contributed by atoms with Crippen LogP contribution < -0.4 is 10.6 Å². The van der Waals surface area contributed by atoms with Crippen LogP contribution in [0, 0.1) is 23.1 Å². The Bertz CT molecular complexity index is 1220. The summed E-state index contributed by atoms with van der Waals surface area (Å²) in [6, 6.07) is 9.34. The average Bonchev–Trinajstić information content (AvgIpc) is 3.23. The van der Waals surface area contributed by atoms with E-state index >= 15 is 4.39 Å². The molecule has 4 rings (SSSR count). The molecule has 1 aliphatic carbocycles. The Labute approximate surface area is 207 Å². The van der Waals surface area contributed by atoms with Gasteiger partial charge in [-0.3, -0.25) is 15.1 Å². The van der Waals surface area contributed by atoms with Crippen molar-refractivity contribution in [1.82, 2.24) is 10.3 Å². The SMILES string of the molecule is CC(C)(C)OC(=O)NC1=N[C@@]2(c3cc(NC(=O)c4ccc(C#N)cn4)ccc3F)CCCC2CS1. The minimum absolute atomic E-state index is 0.0948. The number of nitrogens with zero attached hydrogens (tertiary/aromatic N) is 3. The van der Waals surface area contributed by atoms with E-state index in [0.717, 1.165) is 12.8 Å². The van der Waals surface area contributed by atoms with E-state index in [2.05, 4.69) is 15.6 Å². The first-order chi connectivity index (χ1) is 16.6. The Morgan fingerprint density at radius 1 is 1.26 bits per heavy atom. The smallest absolute Gasteiger partial charge is 0.413 e. The fourth-order valence-corrected chi connectivity index (χ4v) is 5.60. The number of ether oxygens (including phenoxy) is 1. The number of amides is 2. The summed E-state index contributed by atoms with van der Waals surface area (Å²) in [7, 11) is 0. The van der Waals surface area contributed by atoms with Crippen LogP contribution >= 0.6 is 11.8 Å². The Balaban J connectivity index is 1.61. The van der Waals surface area contributed by atoms with Crippen LogP contribution in [0.3, 0.4) is 0 Å². The number of aliphatic imine (C=N–C) groups is 1. The summed E-state index contributed by atoms with van der Waals surface area (Å²) < 4.78 is 20.5. The highest BCUT2D eigenvalue weighted by Crippen LogP contribution is 2.52. The summed E-state index contributed by atoms with van der Waals surface area (Å²) >= 11 is 1.42. The lowest BCUT2D eigenvalue weighted by Crippen LogP contribution is -2.42. The van der Waals surface area contributed by atoms with Crippen molar-refractivity contribution in [3.05, 3.63) is 59.2 Å². The first-order valence-electron chi connectivity index (χ1n) is 11.3. The number of carbonyl (C=O) groups excluding carboxylic acids is 2. The summed E-state index contributed by atoms with van der Waals surface area (Å²) in [5.74, 6) is -0.113. The monoisotopic (exact) mass is 495 g/mol.